The van der Waals surface area contributed by atoms with E-state index in [0.717, 1.165) is 18.4 Å². The highest BCUT2D eigenvalue weighted by atomic mass is 16.3. The standard InChI is InChI=1S/C17H23NO2/c1-13-5-7-15(8-6-13)17(20)9-11-18(12-10-17)16(19)14-3-2-4-14/h5-8,14,20H,2-4,9-12H2,1H3. The Morgan fingerprint density at radius 1 is 1.20 bits per heavy atom. The molecule has 1 saturated heterocycles. The molecule has 1 aromatic rings. The van der Waals surface area contributed by atoms with Gasteiger partial charge in [0, 0.05) is 19.0 Å². The Hall–Kier alpha value is -1.35. The van der Waals surface area contributed by atoms with Crippen molar-refractivity contribution in [2.24, 2.45) is 5.92 Å². The second kappa shape index (κ2) is 5.21. The first-order valence-electron chi connectivity index (χ1n) is 7.67. The number of likely N-dealkylation sites (tertiary alicyclic amines) is 1. The summed E-state index contributed by atoms with van der Waals surface area (Å²) in [6.07, 6.45) is 4.59. The minimum absolute atomic E-state index is 0.264. The molecule has 1 aliphatic heterocycles. The van der Waals surface area contributed by atoms with Gasteiger partial charge in [0.25, 0.3) is 0 Å². The number of rotatable bonds is 2. The van der Waals surface area contributed by atoms with Crippen LogP contribution in [0.5, 0.6) is 0 Å². The number of carbonyl (C=O) groups is 1. The van der Waals surface area contributed by atoms with Crippen LogP contribution in [0.25, 0.3) is 0 Å². The molecule has 0 unspecified atom stereocenters. The SMILES string of the molecule is Cc1ccc(C2(O)CCN(C(=O)C3CCC3)CC2)cc1. The van der Waals surface area contributed by atoms with Crippen LogP contribution in [0.15, 0.2) is 24.3 Å². The zero-order chi connectivity index (χ0) is 14.2. The lowest BCUT2D eigenvalue weighted by atomic mass is 9.81. The maximum atomic E-state index is 12.2. The first kappa shape index (κ1) is 13.6. The summed E-state index contributed by atoms with van der Waals surface area (Å²) in [6.45, 7) is 3.41. The summed E-state index contributed by atoms with van der Waals surface area (Å²) >= 11 is 0. The van der Waals surface area contributed by atoms with E-state index in [0.29, 0.717) is 31.8 Å². The van der Waals surface area contributed by atoms with Crippen LogP contribution in [-0.2, 0) is 10.4 Å². The Bertz CT molecular complexity index is 482. The van der Waals surface area contributed by atoms with E-state index in [1.807, 2.05) is 36.1 Å². The minimum atomic E-state index is -0.760. The van der Waals surface area contributed by atoms with Crippen molar-refractivity contribution in [1.82, 2.24) is 4.90 Å². The summed E-state index contributed by atoms with van der Waals surface area (Å²) in [7, 11) is 0. The first-order chi connectivity index (χ1) is 9.58. The quantitative estimate of drug-likeness (QED) is 0.900. The van der Waals surface area contributed by atoms with Crippen molar-refractivity contribution in [3.8, 4) is 0 Å². The van der Waals surface area contributed by atoms with Gasteiger partial charge in [-0.2, -0.15) is 0 Å². The maximum Gasteiger partial charge on any atom is 0.225 e. The van der Waals surface area contributed by atoms with Crippen LogP contribution in [0.3, 0.4) is 0 Å². The van der Waals surface area contributed by atoms with Crippen LogP contribution in [-0.4, -0.2) is 29.0 Å². The number of aryl methyl sites for hydroxylation is 1. The fourth-order valence-electron chi connectivity index (χ4n) is 3.16. The average Bonchev–Trinajstić information content (AvgIpc) is 2.38. The summed E-state index contributed by atoms with van der Waals surface area (Å²) < 4.78 is 0. The highest BCUT2D eigenvalue weighted by Crippen LogP contribution is 2.35. The Balaban J connectivity index is 1.64. The molecule has 2 aliphatic rings. The van der Waals surface area contributed by atoms with E-state index in [1.165, 1.54) is 12.0 Å². The van der Waals surface area contributed by atoms with Crippen LogP contribution < -0.4 is 0 Å². The fraction of sp³-hybridized carbons (Fsp3) is 0.588. The molecule has 3 nitrogen and oxygen atoms in total. The lowest BCUT2D eigenvalue weighted by Gasteiger charge is -2.41. The molecule has 1 saturated carbocycles. The van der Waals surface area contributed by atoms with E-state index in [9.17, 15) is 9.90 Å². The van der Waals surface area contributed by atoms with Gasteiger partial charge in [-0.3, -0.25) is 4.79 Å². The molecular formula is C17H23NO2. The van der Waals surface area contributed by atoms with Crippen molar-refractivity contribution >= 4 is 5.91 Å². The number of hydrogen-bond acceptors (Lipinski definition) is 2. The largest absolute Gasteiger partial charge is 0.385 e. The van der Waals surface area contributed by atoms with Gasteiger partial charge in [0.2, 0.25) is 5.91 Å². The van der Waals surface area contributed by atoms with E-state index in [2.05, 4.69) is 0 Å². The van der Waals surface area contributed by atoms with Gasteiger partial charge in [-0.25, -0.2) is 0 Å². The summed E-state index contributed by atoms with van der Waals surface area (Å²) in [5, 5.41) is 10.8. The van der Waals surface area contributed by atoms with Crippen LogP contribution in [0, 0.1) is 12.8 Å². The van der Waals surface area contributed by atoms with Gasteiger partial charge in [-0.05, 0) is 38.2 Å². The monoisotopic (exact) mass is 273 g/mol. The molecule has 20 heavy (non-hydrogen) atoms. The summed E-state index contributed by atoms with van der Waals surface area (Å²) in [5.74, 6) is 0.572. The molecule has 1 aliphatic carbocycles. The van der Waals surface area contributed by atoms with Crippen molar-refractivity contribution < 1.29 is 9.90 Å². The van der Waals surface area contributed by atoms with Crippen molar-refractivity contribution in [1.29, 1.82) is 0 Å². The molecule has 0 radical (unpaired) electrons. The molecule has 2 fully saturated rings. The normalized spacial score (nSPS) is 22.4. The Labute approximate surface area is 120 Å². The van der Waals surface area contributed by atoms with E-state index >= 15 is 0 Å². The third kappa shape index (κ3) is 2.47. The topological polar surface area (TPSA) is 40.5 Å². The Morgan fingerprint density at radius 2 is 1.80 bits per heavy atom. The van der Waals surface area contributed by atoms with E-state index < -0.39 is 5.60 Å². The molecule has 1 N–H and O–H groups in total. The number of aliphatic hydroxyl groups is 1. The molecule has 0 spiro atoms. The summed E-state index contributed by atoms with van der Waals surface area (Å²) in [6, 6.07) is 8.11. The van der Waals surface area contributed by atoms with Gasteiger partial charge in [0.15, 0.2) is 0 Å². The van der Waals surface area contributed by atoms with Crippen LogP contribution in [0.1, 0.15) is 43.2 Å². The molecule has 1 aromatic carbocycles. The van der Waals surface area contributed by atoms with Gasteiger partial charge < -0.3 is 10.0 Å². The van der Waals surface area contributed by atoms with Gasteiger partial charge in [0.1, 0.15) is 0 Å². The Kier molecular flexibility index (Phi) is 3.55. The van der Waals surface area contributed by atoms with Crippen LogP contribution >= 0.6 is 0 Å². The average molecular weight is 273 g/mol. The minimum Gasteiger partial charge on any atom is -0.385 e. The predicted octanol–water partition coefficient (Wildman–Crippen LogP) is 2.61. The number of hydrogen-bond donors (Lipinski definition) is 1. The van der Waals surface area contributed by atoms with Gasteiger partial charge >= 0.3 is 0 Å². The molecule has 108 valence electrons. The molecule has 0 aromatic heterocycles. The lowest BCUT2D eigenvalue weighted by Crippen LogP contribution is -2.48. The predicted molar refractivity (Wildman–Crippen MR) is 78.2 cm³/mol. The number of nitrogens with zero attached hydrogens (tertiary/aromatic N) is 1. The van der Waals surface area contributed by atoms with Crippen molar-refractivity contribution in [2.45, 2.75) is 44.6 Å². The molecule has 0 atom stereocenters. The molecule has 3 heteroatoms. The van der Waals surface area contributed by atoms with E-state index in [1.54, 1.807) is 0 Å². The lowest BCUT2D eigenvalue weighted by molar-refractivity contribution is -0.142. The van der Waals surface area contributed by atoms with Crippen molar-refractivity contribution in [3.05, 3.63) is 35.4 Å². The third-order valence-electron chi connectivity index (χ3n) is 4.95. The van der Waals surface area contributed by atoms with Gasteiger partial charge in [0.05, 0.1) is 5.60 Å². The third-order valence-corrected chi connectivity index (χ3v) is 4.95. The zero-order valence-electron chi connectivity index (χ0n) is 12.1. The Morgan fingerprint density at radius 3 is 2.30 bits per heavy atom. The number of amides is 1. The summed E-state index contributed by atoms with van der Waals surface area (Å²) in [4.78, 5) is 14.2. The smallest absolute Gasteiger partial charge is 0.225 e. The fourth-order valence-corrected chi connectivity index (χ4v) is 3.16. The van der Waals surface area contributed by atoms with Crippen LogP contribution in [0.4, 0.5) is 0 Å². The van der Waals surface area contributed by atoms with E-state index in [-0.39, 0.29) is 5.92 Å². The molecular weight excluding hydrogens is 250 g/mol. The van der Waals surface area contributed by atoms with Crippen molar-refractivity contribution in [3.63, 3.8) is 0 Å². The highest BCUT2D eigenvalue weighted by molar-refractivity contribution is 5.79. The summed E-state index contributed by atoms with van der Waals surface area (Å²) in [5.41, 5.74) is 1.43. The van der Waals surface area contributed by atoms with Gasteiger partial charge in [-0.15, -0.1) is 0 Å². The van der Waals surface area contributed by atoms with Gasteiger partial charge in [-0.1, -0.05) is 36.2 Å². The van der Waals surface area contributed by atoms with Crippen LogP contribution in [0.2, 0.25) is 0 Å². The maximum absolute atomic E-state index is 12.2. The molecule has 3 rings (SSSR count). The number of benzene rings is 1. The first-order valence-corrected chi connectivity index (χ1v) is 7.67. The molecule has 1 heterocycles. The molecule has 1 amide bonds. The van der Waals surface area contributed by atoms with Crippen molar-refractivity contribution in [2.75, 3.05) is 13.1 Å². The van der Waals surface area contributed by atoms with E-state index in [4.69, 9.17) is 0 Å². The zero-order valence-corrected chi connectivity index (χ0v) is 12.1. The number of piperidine rings is 1. The molecule has 0 bridgehead atoms. The second-order valence-corrected chi connectivity index (χ2v) is 6.35. The second-order valence-electron chi connectivity index (χ2n) is 6.35. The highest BCUT2D eigenvalue weighted by Gasteiger charge is 2.37. The number of carbonyl (C=O) groups excluding carboxylic acids is 1.